The first kappa shape index (κ1) is 43.4. The van der Waals surface area contributed by atoms with Crippen molar-refractivity contribution in [1.29, 1.82) is 0 Å². The van der Waals surface area contributed by atoms with Crippen LogP contribution in [0.25, 0.3) is 5.57 Å². The molecular formula is C37H60ClN5O4. The molecule has 264 valence electrons. The first-order chi connectivity index (χ1) is 21.8. The van der Waals surface area contributed by atoms with E-state index in [1.165, 1.54) is 6.20 Å². The lowest BCUT2D eigenvalue weighted by Gasteiger charge is -2.37. The fourth-order valence-electron chi connectivity index (χ4n) is 5.46. The molecule has 1 aliphatic rings. The first-order valence-electron chi connectivity index (χ1n) is 15.9. The molecule has 1 aromatic rings. The van der Waals surface area contributed by atoms with Gasteiger partial charge in [-0.15, -0.1) is 6.58 Å². The van der Waals surface area contributed by atoms with Crippen LogP contribution in [0.3, 0.4) is 0 Å². The molecule has 0 aromatic heterocycles. The van der Waals surface area contributed by atoms with Gasteiger partial charge in [0.2, 0.25) is 0 Å². The van der Waals surface area contributed by atoms with E-state index in [0.717, 1.165) is 41.5 Å². The summed E-state index contributed by atoms with van der Waals surface area (Å²) in [6.45, 7) is 20.1. The second-order valence-corrected chi connectivity index (χ2v) is 12.3. The van der Waals surface area contributed by atoms with Crippen LogP contribution in [-0.2, 0) is 14.3 Å². The molecule has 1 aromatic carbocycles. The highest BCUT2D eigenvalue weighted by atomic mass is 35.5. The summed E-state index contributed by atoms with van der Waals surface area (Å²) in [5, 5.41) is 6.84. The number of benzene rings is 1. The number of nitrogens with two attached hydrogens (primary N) is 1. The van der Waals surface area contributed by atoms with E-state index in [1.807, 2.05) is 52.0 Å². The van der Waals surface area contributed by atoms with Crippen molar-refractivity contribution < 1.29 is 19.1 Å². The Balaban J connectivity index is 0.00000508. The highest BCUT2D eigenvalue weighted by molar-refractivity contribution is 6.30. The summed E-state index contributed by atoms with van der Waals surface area (Å²) in [4.78, 5) is 31.8. The summed E-state index contributed by atoms with van der Waals surface area (Å²) in [7, 11) is 3.23. The summed E-state index contributed by atoms with van der Waals surface area (Å²) >= 11 is 6.63. The minimum Gasteiger partial charge on any atom is -0.447 e. The summed E-state index contributed by atoms with van der Waals surface area (Å²) in [5.41, 5.74) is 7.74. The molecule has 0 spiro atoms. The van der Waals surface area contributed by atoms with E-state index in [4.69, 9.17) is 21.1 Å². The Morgan fingerprint density at radius 1 is 1.28 bits per heavy atom. The van der Waals surface area contributed by atoms with E-state index in [2.05, 4.69) is 47.5 Å². The van der Waals surface area contributed by atoms with Crippen molar-refractivity contribution in [2.45, 2.75) is 98.3 Å². The summed E-state index contributed by atoms with van der Waals surface area (Å²) < 4.78 is 11.0. The highest BCUT2D eigenvalue weighted by Gasteiger charge is 2.35. The Morgan fingerprint density at radius 3 is 2.38 bits per heavy atom. The minimum absolute atomic E-state index is 0. The number of hydrogen-bond acceptors (Lipinski definition) is 6. The zero-order valence-corrected chi connectivity index (χ0v) is 29.8. The van der Waals surface area contributed by atoms with Gasteiger partial charge in [-0.2, -0.15) is 0 Å². The highest BCUT2D eigenvalue weighted by Crippen LogP contribution is 2.41. The Labute approximate surface area is 289 Å². The SMILES string of the molecule is C.C=C(C)CC(c1ccc(Cl)cc1/C(=C\C)C(/C=C/NC=NC)NC(=O)C(C)(CC)OC)C1CCN(C(=O)OC(C)C)CC1.C=CN. The van der Waals surface area contributed by atoms with E-state index in [-0.39, 0.29) is 31.4 Å². The maximum absolute atomic E-state index is 13.5. The number of allylic oxidation sites excluding steroid dienone is 2. The van der Waals surface area contributed by atoms with Crippen molar-refractivity contribution in [3.05, 3.63) is 77.6 Å². The normalized spacial score (nSPS) is 16.4. The summed E-state index contributed by atoms with van der Waals surface area (Å²) in [6.07, 6.45) is 11.1. The van der Waals surface area contributed by atoms with Gasteiger partial charge < -0.3 is 30.7 Å². The van der Waals surface area contributed by atoms with Crippen LogP contribution in [0.1, 0.15) is 91.7 Å². The molecule has 0 aliphatic carbocycles. The predicted molar refractivity (Wildman–Crippen MR) is 199 cm³/mol. The Hall–Kier alpha value is -3.56. The van der Waals surface area contributed by atoms with Crippen molar-refractivity contribution in [1.82, 2.24) is 15.5 Å². The average Bonchev–Trinajstić information content (AvgIpc) is 3.02. The Morgan fingerprint density at radius 2 is 1.89 bits per heavy atom. The van der Waals surface area contributed by atoms with Gasteiger partial charge in [-0.05, 0) is 113 Å². The molecule has 10 heteroatoms. The lowest BCUT2D eigenvalue weighted by Crippen LogP contribution is -2.49. The summed E-state index contributed by atoms with van der Waals surface area (Å²) in [6, 6.07) is 5.53. The van der Waals surface area contributed by atoms with Crippen LogP contribution in [0.5, 0.6) is 0 Å². The van der Waals surface area contributed by atoms with Crippen molar-refractivity contribution in [3.63, 3.8) is 0 Å². The molecule has 3 unspecified atom stereocenters. The van der Waals surface area contributed by atoms with E-state index in [1.54, 1.807) is 38.5 Å². The Kier molecular flexibility index (Phi) is 20.4. The molecule has 1 aliphatic heterocycles. The largest absolute Gasteiger partial charge is 0.447 e. The van der Waals surface area contributed by atoms with Gasteiger partial charge in [-0.25, -0.2) is 4.79 Å². The number of aliphatic imine (C=N–C) groups is 1. The zero-order valence-electron chi connectivity index (χ0n) is 29.1. The van der Waals surface area contributed by atoms with Crippen LogP contribution in [0.4, 0.5) is 4.79 Å². The van der Waals surface area contributed by atoms with Gasteiger partial charge in [0.1, 0.15) is 5.60 Å². The van der Waals surface area contributed by atoms with Crippen LogP contribution < -0.4 is 16.4 Å². The second-order valence-electron chi connectivity index (χ2n) is 11.9. The maximum atomic E-state index is 13.5. The number of methoxy groups -OCH3 is 1. The third kappa shape index (κ3) is 13.6. The molecule has 2 amide bonds. The number of rotatable bonds is 14. The zero-order chi connectivity index (χ0) is 34.9. The van der Waals surface area contributed by atoms with Gasteiger partial charge in [-0.3, -0.25) is 9.79 Å². The van der Waals surface area contributed by atoms with Gasteiger partial charge in [0, 0.05) is 38.5 Å². The van der Waals surface area contributed by atoms with E-state index < -0.39 is 11.6 Å². The van der Waals surface area contributed by atoms with Crippen molar-refractivity contribution in [2.24, 2.45) is 16.6 Å². The predicted octanol–water partition coefficient (Wildman–Crippen LogP) is 7.84. The molecule has 2 rings (SSSR count). The average molecular weight is 674 g/mol. The molecule has 0 bridgehead atoms. The third-order valence-corrected chi connectivity index (χ3v) is 8.36. The number of halogens is 1. The number of carbonyl (C=O) groups is 2. The molecule has 1 saturated heterocycles. The quantitative estimate of drug-likeness (QED) is 0.105. The van der Waals surface area contributed by atoms with Crippen LogP contribution >= 0.6 is 11.6 Å². The third-order valence-electron chi connectivity index (χ3n) is 8.12. The number of nitrogens with zero attached hydrogens (tertiary/aromatic N) is 2. The maximum Gasteiger partial charge on any atom is 0.410 e. The lowest BCUT2D eigenvalue weighted by molar-refractivity contribution is -0.141. The number of ether oxygens (including phenoxy) is 2. The second kappa shape index (κ2) is 22.1. The first-order valence-corrected chi connectivity index (χ1v) is 16.3. The fourth-order valence-corrected chi connectivity index (χ4v) is 5.63. The molecule has 47 heavy (non-hydrogen) atoms. The van der Waals surface area contributed by atoms with Crippen molar-refractivity contribution >= 4 is 35.5 Å². The standard InChI is InChI=1S/C34H51ClN4O4.C2H5N.CH4/c1-10-27(31(14-17-37-22-36-8)38-32(40)34(7,11-2)42-9)30-21-26(35)12-13-28(30)29(20-23(3)4)25-15-18-39(19-16-25)33(41)43-24(5)6;1-2-3;/h10,12-14,17,21-22,24-25,29,31H,3,11,15-16,18-20H2,1-2,4-9H3,(H,36,37)(H,38,40);2H,1,3H2;1H4/b17-14+,27-10+;;. The van der Waals surface area contributed by atoms with E-state index >= 15 is 0 Å². The molecule has 1 fully saturated rings. The van der Waals surface area contributed by atoms with Crippen LogP contribution in [0.15, 0.2) is 66.5 Å². The van der Waals surface area contributed by atoms with Crippen LogP contribution in [-0.4, -0.2) is 68.2 Å². The van der Waals surface area contributed by atoms with Crippen molar-refractivity contribution in [3.8, 4) is 0 Å². The molecule has 3 atom stereocenters. The molecule has 1 heterocycles. The van der Waals surface area contributed by atoms with Gasteiger partial charge in [0.05, 0.1) is 18.5 Å². The number of piperidine rings is 1. The molecule has 0 saturated carbocycles. The lowest BCUT2D eigenvalue weighted by atomic mass is 9.74. The number of likely N-dealkylation sites (tertiary alicyclic amines) is 1. The topological polar surface area (TPSA) is 118 Å². The number of hydrogen-bond donors (Lipinski definition) is 3. The monoisotopic (exact) mass is 673 g/mol. The fraction of sp³-hybridized carbons (Fsp3) is 0.541. The number of nitrogens with one attached hydrogen (secondary N) is 2. The van der Waals surface area contributed by atoms with Gasteiger partial charge in [0.25, 0.3) is 5.91 Å². The molecule has 0 radical (unpaired) electrons. The van der Waals surface area contributed by atoms with Crippen LogP contribution in [0, 0.1) is 5.92 Å². The van der Waals surface area contributed by atoms with E-state index in [9.17, 15) is 9.59 Å². The minimum atomic E-state index is -0.979. The van der Waals surface area contributed by atoms with Gasteiger partial charge in [-0.1, -0.05) is 50.2 Å². The number of amides is 2. The molecule has 9 nitrogen and oxygen atoms in total. The van der Waals surface area contributed by atoms with Crippen molar-refractivity contribution in [2.75, 3.05) is 27.2 Å². The Bertz CT molecular complexity index is 1230. The molecular weight excluding hydrogens is 614 g/mol. The van der Waals surface area contributed by atoms with Gasteiger partial charge >= 0.3 is 6.09 Å². The number of carbonyl (C=O) groups excluding carboxylic acids is 2. The smallest absolute Gasteiger partial charge is 0.410 e. The van der Waals surface area contributed by atoms with Crippen LogP contribution in [0.2, 0.25) is 5.02 Å². The van der Waals surface area contributed by atoms with E-state index in [0.29, 0.717) is 30.5 Å². The molecule has 4 N–H and O–H groups in total. The van der Waals surface area contributed by atoms with Gasteiger partial charge in [0.15, 0.2) is 0 Å². The summed E-state index contributed by atoms with van der Waals surface area (Å²) in [5.74, 6) is 0.257.